The van der Waals surface area contributed by atoms with Crippen molar-refractivity contribution in [1.29, 1.82) is 0 Å². The maximum Gasteiger partial charge on any atom is 0.273 e. The molecule has 4 nitrogen and oxygen atoms in total. The SMILES string of the molecule is O=C1c2ccccc2C(=O)N1SNc1c(F)c(F)c(F)c(F)c1F. The number of halogens is 5. The smallest absolute Gasteiger partial charge is 0.273 e. The van der Waals surface area contributed by atoms with Gasteiger partial charge < -0.3 is 4.72 Å². The molecule has 0 saturated carbocycles. The fourth-order valence-electron chi connectivity index (χ4n) is 2.04. The van der Waals surface area contributed by atoms with E-state index in [1.165, 1.54) is 24.3 Å². The normalized spacial score (nSPS) is 13.5. The van der Waals surface area contributed by atoms with E-state index in [0.717, 1.165) is 0 Å². The standard InChI is InChI=1S/C14H5F5N2O2S/c15-7-8(16)10(18)12(11(19)9(7)17)20-24-21-13(22)5-3-1-2-4-6(5)14(21)23/h1-4,20H. The number of nitrogens with one attached hydrogen (secondary N) is 1. The van der Waals surface area contributed by atoms with Gasteiger partial charge in [-0.2, -0.15) is 4.31 Å². The van der Waals surface area contributed by atoms with E-state index >= 15 is 0 Å². The molecule has 124 valence electrons. The zero-order chi connectivity index (χ0) is 17.6. The Morgan fingerprint density at radius 3 is 1.62 bits per heavy atom. The molecule has 24 heavy (non-hydrogen) atoms. The molecule has 2 aromatic carbocycles. The summed E-state index contributed by atoms with van der Waals surface area (Å²) in [5, 5.41) is 0. The van der Waals surface area contributed by atoms with Gasteiger partial charge in [0, 0.05) is 0 Å². The van der Waals surface area contributed by atoms with Crippen LogP contribution in [-0.4, -0.2) is 16.1 Å². The number of amides is 2. The topological polar surface area (TPSA) is 49.4 Å². The molecular weight excluding hydrogens is 355 g/mol. The fraction of sp³-hybridized carbons (Fsp3) is 0. The fourth-order valence-corrected chi connectivity index (χ4v) is 2.76. The predicted octanol–water partition coefficient (Wildman–Crippen LogP) is 3.65. The molecular formula is C14H5F5N2O2S. The number of rotatable bonds is 3. The van der Waals surface area contributed by atoms with Crippen LogP contribution in [0.3, 0.4) is 0 Å². The third-order valence-corrected chi connectivity index (χ3v) is 4.02. The number of fused-ring (bicyclic) bond motifs is 1. The van der Waals surface area contributed by atoms with Gasteiger partial charge in [0.1, 0.15) is 5.69 Å². The second-order valence-corrected chi connectivity index (χ2v) is 5.34. The first kappa shape index (κ1) is 16.2. The van der Waals surface area contributed by atoms with Gasteiger partial charge in [0.05, 0.1) is 23.3 Å². The van der Waals surface area contributed by atoms with Crippen LogP contribution in [0.4, 0.5) is 27.6 Å². The molecule has 10 heteroatoms. The summed E-state index contributed by atoms with van der Waals surface area (Å²) in [6.45, 7) is 0. The number of hydrogen-bond acceptors (Lipinski definition) is 4. The van der Waals surface area contributed by atoms with Crippen LogP contribution in [0.5, 0.6) is 0 Å². The van der Waals surface area contributed by atoms with Crippen molar-refractivity contribution in [2.45, 2.75) is 0 Å². The highest BCUT2D eigenvalue weighted by Gasteiger charge is 2.37. The molecule has 0 spiro atoms. The predicted molar refractivity (Wildman–Crippen MR) is 74.4 cm³/mol. The minimum Gasteiger partial charge on any atom is -0.306 e. The number of benzene rings is 2. The zero-order valence-corrected chi connectivity index (χ0v) is 12.2. The van der Waals surface area contributed by atoms with Gasteiger partial charge >= 0.3 is 0 Å². The van der Waals surface area contributed by atoms with Crippen LogP contribution < -0.4 is 4.72 Å². The maximum atomic E-state index is 13.5. The Bertz CT molecular complexity index is 826. The van der Waals surface area contributed by atoms with E-state index in [9.17, 15) is 31.5 Å². The lowest BCUT2D eigenvalue weighted by molar-refractivity contribution is 0.0777. The van der Waals surface area contributed by atoms with Crippen LogP contribution in [0.1, 0.15) is 20.7 Å². The molecule has 0 atom stereocenters. The van der Waals surface area contributed by atoms with Gasteiger partial charge in [0.15, 0.2) is 23.3 Å². The molecule has 1 heterocycles. The summed E-state index contributed by atoms with van der Waals surface area (Å²) in [6.07, 6.45) is 0. The summed E-state index contributed by atoms with van der Waals surface area (Å²) in [7, 11) is 0. The average molecular weight is 360 g/mol. The van der Waals surface area contributed by atoms with Crippen molar-refractivity contribution in [3.63, 3.8) is 0 Å². The summed E-state index contributed by atoms with van der Waals surface area (Å²) in [4.78, 5) is 24.1. The molecule has 1 aliphatic rings. The number of carbonyl (C=O) groups is 2. The molecule has 0 bridgehead atoms. The molecule has 0 aliphatic carbocycles. The lowest BCUT2D eigenvalue weighted by atomic mass is 10.1. The van der Waals surface area contributed by atoms with Crippen molar-refractivity contribution in [2.75, 3.05) is 4.72 Å². The van der Waals surface area contributed by atoms with Gasteiger partial charge in [-0.1, -0.05) is 12.1 Å². The van der Waals surface area contributed by atoms with Crippen LogP contribution in [0.2, 0.25) is 0 Å². The largest absolute Gasteiger partial charge is 0.306 e. The first-order valence-corrected chi connectivity index (χ1v) is 7.04. The quantitative estimate of drug-likeness (QED) is 0.298. The lowest BCUT2D eigenvalue weighted by Crippen LogP contribution is -2.24. The first-order chi connectivity index (χ1) is 11.3. The summed E-state index contributed by atoms with van der Waals surface area (Å²) in [5.41, 5.74) is -1.23. The Kier molecular flexibility index (Phi) is 3.91. The Labute approximate surface area is 135 Å². The molecule has 1 N–H and O–H groups in total. The van der Waals surface area contributed by atoms with Crippen LogP contribution >= 0.6 is 12.1 Å². The Balaban J connectivity index is 1.89. The number of hydrogen-bond donors (Lipinski definition) is 1. The first-order valence-electron chi connectivity index (χ1n) is 6.26. The highest BCUT2D eigenvalue weighted by molar-refractivity contribution is 7.99. The van der Waals surface area contributed by atoms with Crippen LogP contribution in [0, 0.1) is 29.1 Å². The molecule has 0 aromatic heterocycles. The Hall–Kier alpha value is -2.62. The number of nitrogens with zero attached hydrogens (tertiary/aromatic N) is 1. The average Bonchev–Trinajstić information content (AvgIpc) is 2.83. The third-order valence-electron chi connectivity index (χ3n) is 3.21. The monoisotopic (exact) mass is 360 g/mol. The van der Waals surface area contributed by atoms with Crippen molar-refractivity contribution >= 4 is 29.6 Å². The van der Waals surface area contributed by atoms with Gasteiger partial charge in [0.25, 0.3) is 11.8 Å². The molecule has 0 saturated heterocycles. The molecule has 2 amide bonds. The molecule has 0 unspecified atom stereocenters. The maximum absolute atomic E-state index is 13.5. The van der Waals surface area contributed by atoms with Crippen molar-refractivity contribution in [3.8, 4) is 0 Å². The molecule has 0 fully saturated rings. The van der Waals surface area contributed by atoms with E-state index in [1.54, 1.807) is 0 Å². The lowest BCUT2D eigenvalue weighted by Gasteiger charge is -2.14. The minimum atomic E-state index is -2.30. The summed E-state index contributed by atoms with van der Waals surface area (Å²) >= 11 is 0.110. The van der Waals surface area contributed by atoms with Crippen LogP contribution in [-0.2, 0) is 0 Å². The van der Waals surface area contributed by atoms with E-state index in [4.69, 9.17) is 0 Å². The Morgan fingerprint density at radius 2 is 1.17 bits per heavy atom. The van der Waals surface area contributed by atoms with Crippen molar-refractivity contribution in [1.82, 2.24) is 4.31 Å². The number of carbonyl (C=O) groups excluding carboxylic acids is 2. The van der Waals surface area contributed by atoms with Gasteiger partial charge in [-0.3, -0.25) is 9.59 Å². The van der Waals surface area contributed by atoms with Crippen molar-refractivity contribution in [3.05, 3.63) is 64.5 Å². The van der Waals surface area contributed by atoms with Crippen LogP contribution in [0.25, 0.3) is 0 Å². The van der Waals surface area contributed by atoms with E-state index < -0.39 is 46.6 Å². The van der Waals surface area contributed by atoms with Gasteiger partial charge in [-0.25, -0.2) is 22.0 Å². The summed E-state index contributed by atoms with van der Waals surface area (Å²) < 4.78 is 68.6. The highest BCUT2D eigenvalue weighted by Crippen LogP contribution is 2.33. The zero-order valence-electron chi connectivity index (χ0n) is 11.4. The highest BCUT2D eigenvalue weighted by atomic mass is 32.2. The van der Waals surface area contributed by atoms with Gasteiger partial charge in [-0.15, -0.1) is 0 Å². The second kappa shape index (κ2) is 5.78. The Morgan fingerprint density at radius 1 is 0.750 bits per heavy atom. The second-order valence-electron chi connectivity index (χ2n) is 4.59. The summed E-state index contributed by atoms with van der Waals surface area (Å²) in [6, 6.07) is 5.76. The molecule has 1 aliphatic heterocycles. The van der Waals surface area contributed by atoms with Crippen molar-refractivity contribution < 1.29 is 31.5 Å². The van der Waals surface area contributed by atoms with E-state index in [-0.39, 0.29) is 23.3 Å². The number of imide groups is 1. The van der Waals surface area contributed by atoms with Crippen molar-refractivity contribution in [2.24, 2.45) is 0 Å². The molecule has 0 radical (unpaired) electrons. The van der Waals surface area contributed by atoms with Gasteiger partial charge in [0.2, 0.25) is 5.82 Å². The van der Waals surface area contributed by atoms with E-state index in [0.29, 0.717) is 4.31 Å². The summed E-state index contributed by atoms with van der Waals surface area (Å²) in [5.74, 6) is -12.3. The minimum absolute atomic E-state index is 0.0641. The van der Waals surface area contributed by atoms with Gasteiger partial charge in [-0.05, 0) is 12.1 Å². The van der Waals surface area contributed by atoms with Crippen LogP contribution in [0.15, 0.2) is 24.3 Å². The third kappa shape index (κ3) is 2.30. The number of anilines is 1. The van der Waals surface area contributed by atoms with E-state index in [2.05, 4.69) is 0 Å². The molecule has 2 aromatic rings. The van der Waals surface area contributed by atoms with E-state index in [1.807, 2.05) is 4.72 Å². The molecule has 3 rings (SSSR count).